The molecule has 0 aliphatic carbocycles. The van der Waals surface area contributed by atoms with Crippen molar-refractivity contribution in [3.05, 3.63) is 111 Å². The van der Waals surface area contributed by atoms with Crippen LogP contribution in [0, 0.1) is 17.0 Å². The summed E-state index contributed by atoms with van der Waals surface area (Å²) in [5.74, 6) is -0.383. The van der Waals surface area contributed by atoms with Gasteiger partial charge in [0, 0.05) is 17.7 Å². The van der Waals surface area contributed by atoms with Crippen LogP contribution in [-0.4, -0.2) is 16.7 Å². The quantitative estimate of drug-likeness (QED) is 0.148. The molecule has 0 N–H and O–H groups in total. The lowest BCUT2D eigenvalue weighted by Gasteiger charge is -2.04. The number of aryl methyl sites for hydroxylation is 1. The molecule has 3 rings (SSSR count). The predicted octanol–water partition coefficient (Wildman–Crippen LogP) is 5.02. The number of hydrogen-bond donors (Lipinski definition) is 0. The van der Waals surface area contributed by atoms with Crippen LogP contribution < -0.4 is 4.74 Å². The summed E-state index contributed by atoms with van der Waals surface area (Å²) in [5, 5.41) is 10.7. The van der Waals surface area contributed by atoms with E-state index in [9.17, 15) is 19.7 Å². The van der Waals surface area contributed by atoms with Gasteiger partial charge in [0.05, 0.1) is 10.5 Å². The van der Waals surface area contributed by atoms with Gasteiger partial charge in [0.15, 0.2) is 5.78 Å². The van der Waals surface area contributed by atoms with Gasteiger partial charge in [-0.05, 0) is 42.8 Å². The van der Waals surface area contributed by atoms with Gasteiger partial charge < -0.3 is 4.74 Å². The lowest BCUT2D eigenvalue weighted by Crippen LogP contribution is -2.08. The monoisotopic (exact) mass is 387 g/mol. The second-order valence-electron chi connectivity index (χ2n) is 6.33. The second-order valence-corrected chi connectivity index (χ2v) is 6.33. The summed E-state index contributed by atoms with van der Waals surface area (Å²) in [5.41, 5.74) is 2.59. The third-order valence-electron chi connectivity index (χ3n) is 4.17. The van der Waals surface area contributed by atoms with Gasteiger partial charge in [0.1, 0.15) is 5.75 Å². The van der Waals surface area contributed by atoms with Crippen molar-refractivity contribution in [1.29, 1.82) is 0 Å². The lowest BCUT2D eigenvalue weighted by molar-refractivity contribution is -0.384. The predicted molar refractivity (Wildman–Crippen MR) is 109 cm³/mol. The summed E-state index contributed by atoms with van der Waals surface area (Å²) >= 11 is 0. The molecule has 29 heavy (non-hydrogen) atoms. The Labute approximate surface area is 167 Å². The largest absolute Gasteiger partial charge is 0.423 e. The number of esters is 1. The molecule has 0 spiro atoms. The zero-order chi connectivity index (χ0) is 20.8. The number of hydrogen-bond acceptors (Lipinski definition) is 5. The molecular weight excluding hydrogens is 370 g/mol. The van der Waals surface area contributed by atoms with Crippen molar-refractivity contribution < 1.29 is 19.2 Å². The van der Waals surface area contributed by atoms with Crippen molar-refractivity contribution in [2.45, 2.75) is 6.92 Å². The van der Waals surface area contributed by atoms with Gasteiger partial charge in [0.25, 0.3) is 5.69 Å². The molecule has 6 heteroatoms. The maximum absolute atomic E-state index is 12.2. The Morgan fingerprint density at radius 1 is 0.862 bits per heavy atom. The first-order valence-electron chi connectivity index (χ1n) is 8.78. The van der Waals surface area contributed by atoms with E-state index in [0.29, 0.717) is 11.3 Å². The average Bonchev–Trinajstić information content (AvgIpc) is 2.73. The molecule has 0 saturated heterocycles. The zero-order valence-corrected chi connectivity index (χ0v) is 15.6. The molecule has 144 valence electrons. The number of rotatable bonds is 6. The van der Waals surface area contributed by atoms with Crippen molar-refractivity contribution in [3.63, 3.8) is 0 Å². The molecule has 0 atom stereocenters. The summed E-state index contributed by atoms with van der Waals surface area (Å²) in [7, 11) is 0. The van der Waals surface area contributed by atoms with Gasteiger partial charge in [0.2, 0.25) is 0 Å². The molecule has 0 aliphatic rings. The fourth-order valence-corrected chi connectivity index (χ4v) is 2.52. The molecule has 0 aromatic heterocycles. The molecule has 0 aliphatic heterocycles. The second kappa shape index (κ2) is 8.75. The third kappa shape index (κ3) is 5.23. The highest BCUT2D eigenvalue weighted by atomic mass is 16.6. The number of ether oxygens (including phenoxy) is 1. The van der Waals surface area contributed by atoms with E-state index in [4.69, 9.17) is 4.74 Å². The SMILES string of the molecule is Cc1ccc(C(=O)C=Cc2ccc(OC(=O)c3ccc([N+](=O)[O-])cc3)cc2)cc1. The molecule has 0 unspecified atom stereocenters. The molecule has 0 bridgehead atoms. The Balaban J connectivity index is 1.62. The minimum Gasteiger partial charge on any atom is -0.423 e. The fraction of sp³-hybridized carbons (Fsp3) is 0.0435. The fourth-order valence-electron chi connectivity index (χ4n) is 2.52. The standard InChI is InChI=1S/C23H17NO5/c1-16-2-7-18(8-3-16)22(25)15-6-17-4-13-21(14-5-17)29-23(26)19-9-11-20(12-10-19)24(27)28/h2-15H,1H3. The minimum absolute atomic E-state index is 0.0984. The number of nitrogens with zero attached hydrogens (tertiary/aromatic N) is 1. The third-order valence-corrected chi connectivity index (χ3v) is 4.17. The van der Waals surface area contributed by atoms with E-state index in [1.54, 1.807) is 42.5 Å². The van der Waals surface area contributed by atoms with Gasteiger partial charge in [-0.15, -0.1) is 0 Å². The van der Waals surface area contributed by atoms with E-state index >= 15 is 0 Å². The normalized spacial score (nSPS) is 10.7. The van der Waals surface area contributed by atoms with E-state index in [2.05, 4.69) is 0 Å². The van der Waals surface area contributed by atoms with Gasteiger partial charge in [-0.2, -0.15) is 0 Å². The molecule has 0 radical (unpaired) electrons. The number of nitro groups is 1. The van der Waals surface area contributed by atoms with Crippen LogP contribution in [0.2, 0.25) is 0 Å². The number of benzene rings is 3. The molecule has 0 heterocycles. The van der Waals surface area contributed by atoms with E-state index < -0.39 is 10.9 Å². The van der Waals surface area contributed by atoms with Gasteiger partial charge >= 0.3 is 5.97 Å². The number of ketones is 1. The molecule has 6 nitrogen and oxygen atoms in total. The number of carbonyl (C=O) groups excluding carboxylic acids is 2. The van der Waals surface area contributed by atoms with Gasteiger partial charge in [-0.3, -0.25) is 14.9 Å². The molecule has 0 fully saturated rings. The number of carbonyl (C=O) groups is 2. The van der Waals surface area contributed by atoms with Crippen LogP contribution in [0.4, 0.5) is 5.69 Å². The van der Waals surface area contributed by atoms with Crippen LogP contribution in [0.5, 0.6) is 5.75 Å². The average molecular weight is 387 g/mol. The van der Waals surface area contributed by atoms with Crippen molar-refractivity contribution >= 4 is 23.5 Å². The van der Waals surface area contributed by atoms with Crippen LogP contribution >= 0.6 is 0 Å². The highest BCUT2D eigenvalue weighted by Crippen LogP contribution is 2.17. The Bertz CT molecular complexity index is 1070. The van der Waals surface area contributed by atoms with Crippen LogP contribution in [0.3, 0.4) is 0 Å². The number of nitro benzene ring substituents is 1. The highest BCUT2D eigenvalue weighted by Gasteiger charge is 2.11. The first-order valence-corrected chi connectivity index (χ1v) is 8.78. The minimum atomic E-state index is -0.613. The van der Waals surface area contributed by atoms with Crippen molar-refractivity contribution in [1.82, 2.24) is 0 Å². The molecule has 3 aromatic rings. The van der Waals surface area contributed by atoms with Crippen molar-refractivity contribution in [2.24, 2.45) is 0 Å². The van der Waals surface area contributed by atoms with E-state index in [1.165, 1.54) is 30.3 Å². The topological polar surface area (TPSA) is 86.5 Å². The number of allylic oxidation sites excluding steroid dienone is 1. The zero-order valence-electron chi connectivity index (χ0n) is 15.6. The summed E-state index contributed by atoms with van der Waals surface area (Å²) < 4.78 is 5.26. The molecule has 0 amide bonds. The van der Waals surface area contributed by atoms with Crippen molar-refractivity contribution in [2.75, 3.05) is 0 Å². The molecule has 3 aromatic carbocycles. The Hall–Kier alpha value is -4.06. The van der Waals surface area contributed by atoms with E-state index in [0.717, 1.165) is 11.1 Å². The van der Waals surface area contributed by atoms with E-state index in [-0.39, 0.29) is 17.0 Å². The van der Waals surface area contributed by atoms with Crippen LogP contribution in [0.15, 0.2) is 78.9 Å². The summed E-state index contributed by atoms with van der Waals surface area (Å²) in [6, 6.07) is 19.2. The van der Waals surface area contributed by atoms with E-state index in [1.807, 2.05) is 19.1 Å². The summed E-state index contributed by atoms with van der Waals surface area (Å²) in [6.07, 6.45) is 3.17. The summed E-state index contributed by atoms with van der Waals surface area (Å²) in [4.78, 5) is 34.4. The molecular formula is C23H17NO5. The maximum Gasteiger partial charge on any atom is 0.343 e. The Kier molecular flexibility index (Phi) is 5.94. The van der Waals surface area contributed by atoms with Gasteiger partial charge in [-0.1, -0.05) is 48.0 Å². The van der Waals surface area contributed by atoms with Gasteiger partial charge in [-0.25, -0.2) is 4.79 Å². The van der Waals surface area contributed by atoms with Crippen LogP contribution in [0.25, 0.3) is 6.08 Å². The number of non-ortho nitro benzene ring substituents is 1. The lowest BCUT2D eigenvalue weighted by atomic mass is 10.1. The first-order chi connectivity index (χ1) is 13.9. The first kappa shape index (κ1) is 19.7. The summed E-state index contributed by atoms with van der Waals surface area (Å²) in [6.45, 7) is 1.96. The molecule has 0 saturated carbocycles. The highest BCUT2D eigenvalue weighted by molar-refractivity contribution is 6.06. The Morgan fingerprint density at radius 3 is 2.03 bits per heavy atom. The smallest absolute Gasteiger partial charge is 0.343 e. The van der Waals surface area contributed by atoms with Crippen LogP contribution in [0.1, 0.15) is 31.8 Å². The van der Waals surface area contributed by atoms with Crippen molar-refractivity contribution in [3.8, 4) is 5.75 Å². The maximum atomic E-state index is 12.2. The van der Waals surface area contributed by atoms with Crippen LogP contribution in [-0.2, 0) is 0 Å². The Morgan fingerprint density at radius 2 is 1.45 bits per heavy atom.